The van der Waals surface area contributed by atoms with Gasteiger partial charge in [0.15, 0.2) is 0 Å². The molecule has 1 heteroatoms. The fourth-order valence-corrected chi connectivity index (χ4v) is 6.14. The molecule has 0 saturated carbocycles. The van der Waals surface area contributed by atoms with E-state index in [1.165, 1.54) is 33.4 Å². The van der Waals surface area contributed by atoms with Crippen LogP contribution >= 0.6 is 0 Å². The van der Waals surface area contributed by atoms with E-state index in [1.54, 1.807) is 5.56 Å². The normalized spacial score (nSPS) is 20.1. The number of rotatable bonds is 1. The molecule has 0 aliphatic heterocycles. The van der Waals surface area contributed by atoms with Gasteiger partial charge >= 0.3 is 152 Å². The Morgan fingerprint density at radius 1 is 0.652 bits per heavy atom. The summed E-state index contributed by atoms with van der Waals surface area (Å²) >= 11 is 1.16. The van der Waals surface area contributed by atoms with Crippen molar-refractivity contribution in [2.45, 2.75) is 9.59 Å². The molecule has 0 heterocycles. The van der Waals surface area contributed by atoms with Crippen molar-refractivity contribution >= 4 is 6.08 Å². The molecule has 2 unspecified atom stereocenters. The van der Waals surface area contributed by atoms with Gasteiger partial charge in [0.1, 0.15) is 0 Å². The Morgan fingerprint density at radius 3 is 2.26 bits per heavy atom. The summed E-state index contributed by atoms with van der Waals surface area (Å²) in [6, 6.07) is 24.6. The summed E-state index contributed by atoms with van der Waals surface area (Å²) in [5, 5.41) is 0. The van der Waals surface area contributed by atoms with Gasteiger partial charge in [-0.25, -0.2) is 0 Å². The van der Waals surface area contributed by atoms with Gasteiger partial charge in [-0.2, -0.15) is 0 Å². The van der Waals surface area contributed by atoms with Crippen LogP contribution in [0.4, 0.5) is 0 Å². The number of fused-ring (bicyclic) bond motifs is 4. The predicted molar refractivity (Wildman–Crippen MR) is 91.0 cm³/mol. The minimum absolute atomic E-state index is 0.409. The summed E-state index contributed by atoms with van der Waals surface area (Å²) in [6.07, 6.45) is 4.65. The van der Waals surface area contributed by atoms with Crippen molar-refractivity contribution in [3.05, 3.63) is 101 Å². The van der Waals surface area contributed by atoms with Crippen molar-refractivity contribution in [3.8, 4) is 11.1 Å². The van der Waals surface area contributed by atoms with Crippen molar-refractivity contribution in [1.82, 2.24) is 0 Å². The molecule has 2 aliphatic carbocycles. The van der Waals surface area contributed by atoms with Crippen LogP contribution in [0.1, 0.15) is 37.4 Å². The molecule has 0 spiro atoms. The zero-order valence-corrected chi connectivity index (χ0v) is 16.3. The van der Waals surface area contributed by atoms with E-state index in [0.29, 0.717) is 9.59 Å². The van der Waals surface area contributed by atoms with E-state index in [2.05, 4.69) is 78.9 Å². The Kier molecular flexibility index (Phi) is 3.06. The Labute approximate surface area is 151 Å². The molecular formula is C22H15Hf. The van der Waals surface area contributed by atoms with Gasteiger partial charge in [0.25, 0.3) is 0 Å². The molecule has 0 amide bonds. The third-order valence-electron chi connectivity index (χ3n) is 5.12. The quantitative estimate of drug-likeness (QED) is 0.426. The molecule has 0 bridgehead atoms. The van der Waals surface area contributed by atoms with Gasteiger partial charge in [0, 0.05) is 0 Å². The van der Waals surface area contributed by atoms with Crippen LogP contribution in [-0.2, 0) is 24.4 Å². The molecule has 3 aromatic rings. The maximum atomic E-state index is 2.37. The molecule has 107 valence electrons. The molecular weight excluding hydrogens is 443 g/mol. The standard InChI is InChI=1S/C22H15.Hf/c1-3-8-17-15(6-1)12-13-21(17)20-11-5-10-19-18-9-4-2-7-16(18)14-22(19)20;/h1-14,21H;. The summed E-state index contributed by atoms with van der Waals surface area (Å²) in [7, 11) is 0. The predicted octanol–water partition coefficient (Wildman–Crippen LogP) is 5.46. The topological polar surface area (TPSA) is 0 Å². The van der Waals surface area contributed by atoms with Crippen LogP contribution < -0.4 is 0 Å². The monoisotopic (exact) mass is 459 g/mol. The third kappa shape index (κ3) is 1.93. The van der Waals surface area contributed by atoms with E-state index >= 15 is 0 Å². The van der Waals surface area contributed by atoms with Gasteiger partial charge in [-0.15, -0.1) is 0 Å². The molecule has 0 N–H and O–H groups in total. The fraction of sp³-hybridized carbons (Fsp3) is 0.0909. The molecule has 0 nitrogen and oxygen atoms in total. The second kappa shape index (κ2) is 5.14. The van der Waals surface area contributed by atoms with Crippen molar-refractivity contribution in [3.63, 3.8) is 0 Å². The van der Waals surface area contributed by atoms with Crippen LogP contribution in [0.3, 0.4) is 0 Å². The first-order valence-corrected chi connectivity index (χ1v) is 10.1. The van der Waals surface area contributed by atoms with Gasteiger partial charge in [0.2, 0.25) is 0 Å². The van der Waals surface area contributed by atoms with Crippen molar-refractivity contribution < 1.29 is 24.4 Å². The van der Waals surface area contributed by atoms with E-state index in [-0.39, 0.29) is 0 Å². The van der Waals surface area contributed by atoms with E-state index in [1.807, 2.05) is 0 Å². The van der Waals surface area contributed by atoms with Crippen molar-refractivity contribution in [2.75, 3.05) is 0 Å². The van der Waals surface area contributed by atoms with Crippen LogP contribution in [0.15, 0.2) is 72.8 Å². The molecule has 2 aliphatic rings. The molecule has 5 rings (SSSR count). The summed E-state index contributed by atoms with van der Waals surface area (Å²) in [4.78, 5) is 0. The van der Waals surface area contributed by atoms with Gasteiger partial charge in [0.05, 0.1) is 0 Å². The third-order valence-corrected chi connectivity index (χ3v) is 7.28. The first kappa shape index (κ1) is 13.7. The van der Waals surface area contributed by atoms with E-state index < -0.39 is 0 Å². The number of benzene rings is 3. The Balaban J connectivity index is 1.73. The zero-order chi connectivity index (χ0) is 15.4. The van der Waals surface area contributed by atoms with Gasteiger partial charge in [-0.05, 0) is 0 Å². The Bertz CT molecular complexity index is 952. The summed E-state index contributed by atoms with van der Waals surface area (Å²) in [5.41, 5.74) is 10.3. The second-order valence-electron chi connectivity index (χ2n) is 6.29. The van der Waals surface area contributed by atoms with Crippen LogP contribution in [0.2, 0.25) is 0 Å². The van der Waals surface area contributed by atoms with Gasteiger partial charge < -0.3 is 0 Å². The number of hydrogen-bond acceptors (Lipinski definition) is 0. The number of allylic oxidation sites excluding steroid dienone is 1. The van der Waals surface area contributed by atoms with Crippen molar-refractivity contribution in [1.29, 1.82) is 0 Å². The molecule has 0 saturated heterocycles. The van der Waals surface area contributed by atoms with E-state index in [9.17, 15) is 0 Å². The first-order chi connectivity index (χ1) is 11.3. The molecule has 2 atom stereocenters. The summed E-state index contributed by atoms with van der Waals surface area (Å²) in [5.74, 6) is 0.409. The van der Waals surface area contributed by atoms with E-state index in [0.717, 1.165) is 24.4 Å². The molecule has 0 fully saturated rings. The molecule has 23 heavy (non-hydrogen) atoms. The average molecular weight is 458 g/mol. The summed E-state index contributed by atoms with van der Waals surface area (Å²) < 4.78 is 0.610. The van der Waals surface area contributed by atoms with Crippen molar-refractivity contribution in [2.24, 2.45) is 0 Å². The summed E-state index contributed by atoms with van der Waals surface area (Å²) in [6.45, 7) is 0. The van der Waals surface area contributed by atoms with Crippen LogP contribution in [0.25, 0.3) is 17.2 Å². The molecule has 3 aromatic carbocycles. The molecule has 0 aromatic heterocycles. The van der Waals surface area contributed by atoms with Crippen LogP contribution in [0.5, 0.6) is 0 Å². The zero-order valence-electron chi connectivity index (χ0n) is 12.7. The Morgan fingerprint density at radius 2 is 1.35 bits per heavy atom. The minimum atomic E-state index is 0.409. The average Bonchev–Trinajstić information content (AvgIpc) is 3.16. The fourth-order valence-electron chi connectivity index (χ4n) is 4.08. The van der Waals surface area contributed by atoms with Crippen LogP contribution in [-0.4, -0.2) is 0 Å². The SMILES string of the molecule is [Hf][CH]1c2ccccc2-c2cccc(C3C=Cc4ccccc43)c21. The second-order valence-corrected chi connectivity index (χ2v) is 8.37. The number of hydrogen-bond donors (Lipinski definition) is 0. The van der Waals surface area contributed by atoms with E-state index in [4.69, 9.17) is 0 Å². The van der Waals surface area contributed by atoms with Crippen LogP contribution in [0, 0.1) is 0 Å². The first-order valence-electron chi connectivity index (χ1n) is 8.05. The molecule has 0 radical (unpaired) electrons. The van der Waals surface area contributed by atoms with Gasteiger partial charge in [-0.1, -0.05) is 0 Å². The van der Waals surface area contributed by atoms with Gasteiger partial charge in [-0.3, -0.25) is 0 Å². The maximum absolute atomic E-state index is 2.37. The Hall–Kier alpha value is -1.73.